The summed E-state index contributed by atoms with van der Waals surface area (Å²) in [6.45, 7) is 4.80. The first-order chi connectivity index (χ1) is 17.9. The van der Waals surface area contributed by atoms with E-state index in [1.807, 2.05) is 37.3 Å². The van der Waals surface area contributed by atoms with Crippen LogP contribution in [0.15, 0.2) is 71.4 Å². The lowest BCUT2D eigenvalue weighted by molar-refractivity contribution is -0.136. The highest BCUT2D eigenvalue weighted by atomic mass is 16.5. The Bertz CT molecular complexity index is 1200. The predicted molar refractivity (Wildman–Crippen MR) is 138 cm³/mol. The maximum atomic E-state index is 13.5. The topological polar surface area (TPSA) is 94.2 Å². The molecular weight excluding hydrogens is 472 g/mol. The van der Waals surface area contributed by atoms with Crippen molar-refractivity contribution in [2.24, 2.45) is 0 Å². The molecule has 1 fully saturated rings. The molecule has 0 spiro atoms. The number of nitrogens with zero attached hydrogens (tertiary/aromatic N) is 1. The number of rotatable bonds is 9. The lowest BCUT2D eigenvalue weighted by Gasteiger charge is -2.26. The van der Waals surface area contributed by atoms with Gasteiger partial charge in [-0.2, -0.15) is 0 Å². The smallest absolute Gasteiger partial charge is 0.340 e. The molecule has 8 heteroatoms. The molecule has 2 amide bonds. The van der Waals surface area contributed by atoms with Crippen LogP contribution in [0.4, 0.5) is 0 Å². The highest BCUT2D eigenvalue weighted by molar-refractivity contribution is 6.16. The van der Waals surface area contributed by atoms with Gasteiger partial charge in [0.15, 0.2) is 6.61 Å². The van der Waals surface area contributed by atoms with Gasteiger partial charge >= 0.3 is 5.97 Å². The van der Waals surface area contributed by atoms with Gasteiger partial charge in [-0.15, -0.1) is 0 Å². The zero-order chi connectivity index (χ0) is 26.4. The highest BCUT2D eigenvalue weighted by Gasteiger charge is 2.39. The van der Waals surface area contributed by atoms with Crippen LogP contribution in [0.2, 0.25) is 0 Å². The van der Waals surface area contributed by atoms with Gasteiger partial charge in [0.25, 0.3) is 11.8 Å². The molecule has 0 bridgehead atoms. The SMILES string of the molecule is COC(=O)C1=C(C)N([C@H](C)c2ccccc2)C(=O)/C1=C\c1ccc(OCC(=O)NC[C@H]2CCCO2)cc1. The first-order valence-corrected chi connectivity index (χ1v) is 12.4. The van der Waals surface area contributed by atoms with E-state index in [4.69, 9.17) is 14.2 Å². The van der Waals surface area contributed by atoms with Crippen molar-refractivity contribution >= 4 is 23.9 Å². The first kappa shape index (κ1) is 26.2. The molecule has 2 atom stereocenters. The quantitative estimate of drug-likeness (QED) is 0.413. The van der Waals surface area contributed by atoms with Crippen molar-refractivity contribution in [2.75, 3.05) is 26.9 Å². The molecule has 194 valence electrons. The highest BCUT2D eigenvalue weighted by Crippen LogP contribution is 2.37. The molecule has 0 radical (unpaired) electrons. The Balaban J connectivity index is 1.46. The van der Waals surface area contributed by atoms with Crippen LogP contribution in [0, 0.1) is 0 Å². The average molecular weight is 505 g/mol. The van der Waals surface area contributed by atoms with Crippen molar-refractivity contribution in [1.82, 2.24) is 10.2 Å². The molecule has 0 aromatic heterocycles. The van der Waals surface area contributed by atoms with E-state index in [0.29, 0.717) is 23.6 Å². The number of esters is 1. The van der Waals surface area contributed by atoms with Crippen molar-refractivity contribution < 1.29 is 28.6 Å². The molecule has 2 heterocycles. The molecule has 0 unspecified atom stereocenters. The molecule has 2 aliphatic rings. The van der Waals surface area contributed by atoms with Crippen LogP contribution in [-0.4, -0.2) is 55.7 Å². The molecule has 0 aliphatic carbocycles. The van der Waals surface area contributed by atoms with E-state index in [1.165, 1.54) is 7.11 Å². The van der Waals surface area contributed by atoms with Crippen LogP contribution in [0.3, 0.4) is 0 Å². The summed E-state index contributed by atoms with van der Waals surface area (Å²) in [6, 6.07) is 16.4. The number of hydrogen-bond donors (Lipinski definition) is 1. The Morgan fingerprint density at radius 2 is 1.89 bits per heavy atom. The number of amides is 2. The van der Waals surface area contributed by atoms with Gasteiger partial charge in [0.2, 0.25) is 0 Å². The van der Waals surface area contributed by atoms with Crippen LogP contribution in [-0.2, 0) is 23.9 Å². The number of nitrogens with one attached hydrogen (secondary N) is 1. The summed E-state index contributed by atoms with van der Waals surface area (Å²) >= 11 is 0. The second-order valence-corrected chi connectivity index (χ2v) is 9.07. The Morgan fingerprint density at radius 3 is 2.54 bits per heavy atom. The summed E-state index contributed by atoms with van der Waals surface area (Å²) in [6.07, 6.45) is 3.73. The number of allylic oxidation sites excluding steroid dienone is 1. The fraction of sp³-hybridized carbons (Fsp3) is 0.345. The number of methoxy groups -OCH3 is 1. The van der Waals surface area contributed by atoms with Gasteiger partial charge in [-0.1, -0.05) is 42.5 Å². The normalized spacial score (nSPS) is 19.3. The van der Waals surface area contributed by atoms with Crippen LogP contribution in [0.1, 0.15) is 43.9 Å². The fourth-order valence-corrected chi connectivity index (χ4v) is 4.60. The minimum atomic E-state index is -0.561. The van der Waals surface area contributed by atoms with E-state index in [9.17, 15) is 14.4 Å². The van der Waals surface area contributed by atoms with Crippen molar-refractivity contribution in [2.45, 2.75) is 38.8 Å². The maximum Gasteiger partial charge on any atom is 0.340 e. The van der Waals surface area contributed by atoms with Crippen LogP contribution >= 0.6 is 0 Å². The Kier molecular flexibility index (Phi) is 8.40. The zero-order valence-corrected chi connectivity index (χ0v) is 21.4. The summed E-state index contributed by atoms with van der Waals surface area (Å²) in [4.78, 5) is 39.8. The molecule has 2 aromatic carbocycles. The number of ether oxygens (including phenoxy) is 3. The van der Waals surface area contributed by atoms with E-state index >= 15 is 0 Å². The number of benzene rings is 2. The lowest BCUT2D eigenvalue weighted by Crippen LogP contribution is -2.35. The van der Waals surface area contributed by atoms with Gasteiger partial charge in [-0.05, 0) is 56.0 Å². The standard InChI is InChI=1S/C29H32N2O6/c1-19(22-8-5-4-6-9-22)31-20(2)27(29(34)35-3)25(28(31)33)16-21-11-13-23(14-12-21)37-18-26(32)30-17-24-10-7-15-36-24/h4-6,8-9,11-14,16,19,24H,7,10,15,17-18H2,1-3H3,(H,30,32)/b25-16-/t19-,24-/m1/s1. The fourth-order valence-electron chi connectivity index (χ4n) is 4.60. The molecule has 2 aromatic rings. The van der Waals surface area contributed by atoms with Crippen LogP contribution < -0.4 is 10.1 Å². The summed E-state index contributed by atoms with van der Waals surface area (Å²) in [7, 11) is 1.30. The molecule has 0 saturated carbocycles. The molecular formula is C29H32N2O6. The first-order valence-electron chi connectivity index (χ1n) is 12.4. The average Bonchev–Trinajstić information content (AvgIpc) is 3.53. The van der Waals surface area contributed by atoms with E-state index in [1.54, 1.807) is 42.2 Å². The van der Waals surface area contributed by atoms with E-state index < -0.39 is 5.97 Å². The van der Waals surface area contributed by atoms with Gasteiger partial charge in [-0.3, -0.25) is 9.59 Å². The molecule has 4 rings (SSSR count). The summed E-state index contributed by atoms with van der Waals surface area (Å²) in [5.74, 6) is -0.521. The third-order valence-corrected chi connectivity index (χ3v) is 6.61. The van der Waals surface area contributed by atoms with Crippen molar-refractivity contribution in [3.63, 3.8) is 0 Å². The second kappa shape index (κ2) is 11.9. The Morgan fingerprint density at radius 1 is 1.16 bits per heavy atom. The molecule has 37 heavy (non-hydrogen) atoms. The number of carbonyl (C=O) groups is 3. The Hall–Kier alpha value is -3.91. The zero-order valence-electron chi connectivity index (χ0n) is 21.4. The van der Waals surface area contributed by atoms with Gasteiger partial charge in [0, 0.05) is 18.8 Å². The third kappa shape index (κ3) is 6.09. The third-order valence-electron chi connectivity index (χ3n) is 6.61. The molecule has 8 nitrogen and oxygen atoms in total. The second-order valence-electron chi connectivity index (χ2n) is 9.07. The van der Waals surface area contributed by atoms with Crippen molar-refractivity contribution in [1.29, 1.82) is 0 Å². The Labute approximate surface area is 216 Å². The van der Waals surface area contributed by atoms with Gasteiger partial charge in [0.1, 0.15) is 5.75 Å². The molecule has 1 N–H and O–H groups in total. The van der Waals surface area contributed by atoms with Gasteiger partial charge in [0.05, 0.1) is 30.4 Å². The van der Waals surface area contributed by atoms with E-state index in [2.05, 4.69) is 5.32 Å². The van der Waals surface area contributed by atoms with Crippen LogP contribution in [0.25, 0.3) is 6.08 Å². The summed E-state index contributed by atoms with van der Waals surface area (Å²) in [5, 5.41) is 2.82. The van der Waals surface area contributed by atoms with Gasteiger partial charge in [-0.25, -0.2) is 4.79 Å². The van der Waals surface area contributed by atoms with Crippen molar-refractivity contribution in [3.8, 4) is 5.75 Å². The summed E-state index contributed by atoms with van der Waals surface area (Å²) in [5.41, 5.74) is 2.74. The number of carbonyl (C=O) groups excluding carboxylic acids is 3. The monoisotopic (exact) mass is 504 g/mol. The van der Waals surface area contributed by atoms with E-state index in [-0.39, 0.29) is 41.7 Å². The molecule has 2 aliphatic heterocycles. The maximum absolute atomic E-state index is 13.5. The van der Waals surface area contributed by atoms with Crippen molar-refractivity contribution in [3.05, 3.63) is 82.6 Å². The minimum Gasteiger partial charge on any atom is -0.484 e. The summed E-state index contributed by atoms with van der Waals surface area (Å²) < 4.78 is 16.1. The van der Waals surface area contributed by atoms with Crippen LogP contribution in [0.5, 0.6) is 5.75 Å². The molecule has 1 saturated heterocycles. The lowest BCUT2D eigenvalue weighted by atomic mass is 10.0. The van der Waals surface area contributed by atoms with E-state index in [0.717, 1.165) is 25.0 Å². The number of hydrogen-bond acceptors (Lipinski definition) is 6. The largest absolute Gasteiger partial charge is 0.484 e. The predicted octanol–water partition coefficient (Wildman–Crippen LogP) is 3.79. The van der Waals surface area contributed by atoms with Gasteiger partial charge < -0.3 is 24.4 Å². The minimum absolute atomic E-state index is 0.0775.